The lowest BCUT2D eigenvalue weighted by Gasteiger charge is -2.20. The van der Waals surface area contributed by atoms with Gasteiger partial charge in [-0.05, 0) is 43.6 Å². The van der Waals surface area contributed by atoms with Crippen LogP contribution in [-0.4, -0.2) is 29.5 Å². The molecule has 18 heavy (non-hydrogen) atoms. The van der Waals surface area contributed by atoms with E-state index in [-0.39, 0.29) is 0 Å². The fourth-order valence-corrected chi connectivity index (χ4v) is 1.91. The third kappa shape index (κ3) is 5.50. The Morgan fingerprint density at radius 1 is 1.22 bits per heavy atom. The Bertz CT molecular complexity index is 325. The SMILES string of the molecule is CCCCN(CC)Cc1ccnc(NCCC)c1. The topological polar surface area (TPSA) is 28.2 Å². The van der Waals surface area contributed by atoms with E-state index in [1.807, 2.05) is 6.20 Å². The van der Waals surface area contributed by atoms with E-state index in [1.54, 1.807) is 0 Å². The summed E-state index contributed by atoms with van der Waals surface area (Å²) in [5.41, 5.74) is 1.35. The van der Waals surface area contributed by atoms with Crippen molar-refractivity contribution >= 4 is 5.82 Å². The molecule has 0 radical (unpaired) electrons. The summed E-state index contributed by atoms with van der Waals surface area (Å²) < 4.78 is 0. The molecule has 1 rings (SSSR count). The van der Waals surface area contributed by atoms with Gasteiger partial charge in [0.05, 0.1) is 0 Å². The maximum atomic E-state index is 4.34. The molecular weight excluding hydrogens is 222 g/mol. The molecule has 1 aromatic heterocycles. The lowest BCUT2D eigenvalue weighted by Crippen LogP contribution is -2.24. The number of nitrogens with one attached hydrogen (secondary N) is 1. The van der Waals surface area contributed by atoms with Crippen molar-refractivity contribution in [2.75, 3.05) is 25.0 Å². The van der Waals surface area contributed by atoms with E-state index in [4.69, 9.17) is 0 Å². The molecule has 1 N–H and O–H groups in total. The van der Waals surface area contributed by atoms with Crippen molar-refractivity contribution in [3.63, 3.8) is 0 Å². The smallest absolute Gasteiger partial charge is 0.126 e. The van der Waals surface area contributed by atoms with Crippen LogP contribution in [0.5, 0.6) is 0 Å². The minimum absolute atomic E-state index is 0.990. The Labute approximate surface area is 112 Å². The summed E-state index contributed by atoms with van der Waals surface area (Å²) in [4.78, 5) is 6.83. The van der Waals surface area contributed by atoms with E-state index in [9.17, 15) is 0 Å². The molecule has 1 heterocycles. The van der Waals surface area contributed by atoms with E-state index >= 15 is 0 Å². The first-order valence-corrected chi connectivity index (χ1v) is 7.21. The molecule has 3 nitrogen and oxygen atoms in total. The van der Waals surface area contributed by atoms with Gasteiger partial charge in [-0.15, -0.1) is 0 Å². The molecule has 0 bridgehead atoms. The van der Waals surface area contributed by atoms with Crippen LogP contribution in [0.2, 0.25) is 0 Å². The molecule has 0 fully saturated rings. The molecule has 0 aromatic carbocycles. The third-order valence-corrected chi connectivity index (χ3v) is 3.06. The van der Waals surface area contributed by atoms with E-state index in [0.717, 1.165) is 31.9 Å². The fourth-order valence-electron chi connectivity index (χ4n) is 1.91. The number of hydrogen-bond donors (Lipinski definition) is 1. The number of hydrogen-bond acceptors (Lipinski definition) is 3. The van der Waals surface area contributed by atoms with Gasteiger partial charge in [0.15, 0.2) is 0 Å². The van der Waals surface area contributed by atoms with Gasteiger partial charge in [0.2, 0.25) is 0 Å². The first-order chi connectivity index (χ1) is 8.80. The van der Waals surface area contributed by atoms with Crippen molar-refractivity contribution in [2.45, 2.75) is 46.6 Å². The lowest BCUT2D eigenvalue weighted by atomic mass is 10.2. The Morgan fingerprint density at radius 2 is 2.06 bits per heavy atom. The summed E-state index contributed by atoms with van der Waals surface area (Å²) in [7, 11) is 0. The molecule has 3 heteroatoms. The quantitative estimate of drug-likeness (QED) is 0.725. The number of aromatic nitrogens is 1. The molecule has 1 aromatic rings. The van der Waals surface area contributed by atoms with Gasteiger partial charge < -0.3 is 5.32 Å². The van der Waals surface area contributed by atoms with Crippen molar-refractivity contribution in [1.29, 1.82) is 0 Å². The molecule has 0 atom stereocenters. The molecule has 0 spiro atoms. The zero-order chi connectivity index (χ0) is 13.2. The van der Waals surface area contributed by atoms with Gasteiger partial charge in [-0.3, -0.25) is 4.90 Å². The Morgan fingerprint density at radius 3 is 2.72 bits per heavy atom. The predicted octanol–water partition coefficient (Wildman–Crippen LogP) is 3.53. The van der Waals surface area contributed by atoms with Crippen LogP contribution in [-0.2, 0) is 6.54 Å². The monoisotopic (exact) mass is 249 g/mol. The van der Waals surface area contributed by atoms with Gasteiger partial charge >= 0.3 is 0 Å². The zero-order valence-electron chi connectivity index (χ0n) is 12.1. The van der Waals surface area contributed by atoms with E-state index in [2.05, 4.69) is 48.1 Å². The number of pyridine rings is 1. The second-order valence-corrected chi connectivity index (χ2v) is 4.70. The summed E-state index contributed by atoms with van der Waals surface area (Å²) >= 11 is 0. The van der Waals surface area contributed by atoms with Crippen LogP contribution in [0, 0.1) is 0 Å². The second kappa shape index (κ2) is 8.92. The van der Waals surface area contributed by atoms with Gasteiger partial charge in [0.25, 0.3) is 0 Å². The van der Waals surface area contributed by atoms with Crippen molar-refractivity contribution in [1.82, 2.24) is 9.88 Å². The van der Waals surface area contributed by atoms with Crippen molar-refractivity contribution < 1.29 is 0 Å². The van der Waals surface area contributed by atoms with Gasteiger partial charge in [0.1, 0.15) is 5.82 Å². The van der Waals surface area contributed by atoms with Gasteiger partial charge in [0, 0.05) is 19.3 Å². The predicted molar refractivity (Wildman–Crippen MR) is 78.9 cm³/mol. The number of unbranched alkanes of at least 4 members (excludes halogenated alkanes) is 1. The van der Waals surface area contributed by atoms with Gasteiger partial charge in [-0.25, -0.2) is 4.98 Å². The van der Waals surface area contributed by atoms with Crippen LogP contribution < -0.4 is 5.32 Å². The van der Waals surface area contributed by atoms with Crippen LogP contribution >= 0.6 is 0 Å². The molecule has 102 valence electrons. The van der Waals surface area contributed by atoms with Crippen LogP contribution in [0.3, 0.4) is 0 Å². The first-order valence-electron chi connectivity index (χ1n) is 7.21. The van der Waals surface area contributed by atoms with E-state index in [1.165, 1.54) is 24.9 Å². The highest BCUT2D eigenvalue weighted by Crippen LogP contribution is 2.10. The third-order valence-electron chi connectivity index (χ3n) is 3.06. The lowest BCUT2D eigenvalue weighted by molar-refractivity contribution is 0.275. The minimum Gasteiger partial charge on any atom is -0.370 e. The molecule has 0 saturated heterocycles. The maximum absolute atomic E-state index is 4.34. The second-order valence-electron chi connectivity index (χ2n) is 4.70. The molecule has 0 saturated carbocycles. The number of nitrogens with zero attached hydrogens (tertiary/aromatic N) is 2. The largest absolute Gasteiger partial charge is 0.370 e. The summed E-state index contributed by atoms with van der Waals surface area (Å²) in [6.45, 7) is 11.0. The maximum Gasteiger partial charge on any atom is 0.126 e. The standard InChI is InChI=1S/C15H27N3/c1-4-7-11-18(6-3)13-14-8-10-17-15(12-14)16-9-5-2/h8,10,12H,4-7,9,11,13H2,1-3H3,(H,16,17). The Balaban J connectivity index is 2.53. The molecule has 0 amide bonds. The summed E-state index contributed by atoms with van der Waals surface area (Å²) in [6, 6.07) is 4.29. The van der Waals surface area contributed by atoms with E-state index in [0.29, 0.717) is 0 Å². The highest BCUT2D eigenvalue weighted by molar-refractivity contribution is 5.37. The summed E-state index contributed by atoms with van der Waals surface area (Å²) in [5.74, 6) is 1.00. The normalized spacial score (nSPS) is 10.9. The first kappa shape index (κ1) is 15.0. The fraction of sp³-hybridized carbons (Fsp3) is 0.667. The summed E-state index contributed by atoms with van der Waals surface area (Å²) in [6.07, 6.45) is 5.57. The number of anilines is 1. The zero-order valence-corrected chi connectivity index (χ0v) is 12.1. The Kier molecular flexibility index (Phi) is 7.42. The Hall–Kier alpha value is -1.09. The molecule has 0 aliphatic carbocycles. The highest BCUT2D eigenvalue weighted by atomic mass is 15.1. The molecule has 0 aliphatic rings. The minimum atomic E-state index is 0.990. The summed E-state index contributed by atoms with van der Waals surface area (Å²) in [5, 5.41) is 3.34. The number of rotatable bonds is 9. The van der Waals surface area contributed by atoms with Crippen molar-refractivity contribution in [3.8, 4) is 0 Å². The highest BCUT2D eigenvalue weighted by Gasteiger charge is 2.04. The molecule has 0 aliphatic heterocycles. The molecule has 0 unspecified atom stereocenters. The van der Waals surface area contributed by atoms with Gasteiger partial charge in [-0.1, -0.05) is 27.2 Å². The van der Waals surface area contributed by atoms with Crippen LogP contribution in [0.4, 0.5) is 5.82 Å². The molecular formula is C15H27N3. The average Bonchev–Trinajstić information content (AvgIpc) is 2.41. The average molecular weight is 249 g/mol. The van der Waals surface area contributed by atoms with E-state index < -0.39 is 0 Å². The van der Waals surface area contributed by atoms with Gasteiger partial charge in [-0.2, -0.15) is 0 Å². The van der Waals surface area contributed by atoms with Crippen LogP contribution in [0.15, 0.2) is 18.3 Å². The van der Waals surface area contributed by atoms with Crippen molar-refractivity contribution in [2.24, 2.45) is 0 Å². The van der Waals surface area contributed by atoms with Crippen LogP contribution in [0.1, 0.15) is 45.6 Å². The van der Waals surface area contributed by atoms with Crippen molar-refractivity contribution in [3.05, 3.63) is 23.9 Å². The van der Waals surface area contributed by atoms with Crippen LogP contribution in [0.25, 0.3) is 0 Å².